The molecule has 1 aromatic carbocycles. The van der Waals surface area contributed by atoms with Crippen molar-refractivity contribution in [1.82, 2.24) is 14.1 Å². The summed E-state index contributed by atoms with van der Waals surface area (Å²) in [6.07, 6.45) is 7.98. The number of piperazine rings is 1. The molecule has 34 heavy (non-hydrogen) atoms. The number of sulfonamides is 1. The third kappa shape index (κ3) is 4.38. The van der Waals surface area contributed by atoms with Crippen LogP contribution >= 0.6 is 0 Å². The number of aryl methyl sites for hydroxylation is 2. The van der Waals surface area contributed by atoms with Crippen molar-refractivity contribution in [2.24, 2.45) is 0 Å². The molecule has 1 aromatic heterocycles. The van der Waals surface area contributed by atoms with Crippen LogP contribution in [0.4, 0.5) is 0 Å². The van der Waals surface area contributed by atoms with Gasteiger partial charge in [-0.2, -0.15) is 4.31 Å². The van der Waals surface area contributed by atoms with E-state index in [2.05, 4.69) is 0 Å². The van der Waals surface area contributed by atoms with Crippen LogP contribution in [-0.2, 0) is 27.7 Å². The molecule has 3 heterocycles. The molecule has 0 bridgehead atoms. The van der Waals surface area contributed by atoms with Crippen LogP contribution in [0.3, 0.4) is 0 Å². The number of likely N-dealkylation sites (tertiary alicyclic amines) is 1. The van der Waals surface area contributed by atoms with E-state index < -0.39 is 16.1 Å². The minimum absolute atomic E-state index is 0.106. The third-order valence-corrected chi connectivity index (χ3v) is 9.18. The van der Waals surface area contributed by atoms with Crippen LogP contribution in [0.15, 0.2) is 45.9 Å². The summed E-state index contributed by atoms with van der Waals surface area (Å²) < 4.78 is 33.3. The van der Waals surface area contributed by atoms with Gasteiger partial charge in [-0.1, -0.05) is 6.07 Å². The van der Waals surface area contributed by atoms with Gasteiger partial charge in [-0.15, -0.1) is 0 Å². The van der Waals surface area contributed by atoms with Crippen molar-refractivity contribution in [3.63, 3.8) is 0 Å². The zero-order valence-electron chi connectivity index (χ0n) is 19.3. The first kappa shape index (κ1) is 23.1. The fourth-order valence-electron chi connectivity index (χ4n) is 5.35. The quantitative estimate of drug-likeness (QED) is 0.664. The Labute approximate surface area is 200 Å². The second-order valence-electron chi connectivity index (χ2n) is 9.35. The van der Waals surface area contributed by atoms with E-state index in [-0.39, 0.29) is 30.7 Å². The van der Waals surface area contributed by atoms with Gasteiger partial charge >= 0.3 is 0 Å². The van der Waals surface area contributed by atoms with Gasteiger partial charge in [0.2, 0.25) is 15.9 Å². The van der Waals surface area contributed by atoms with Crippen LogP contribution in [0.2, 0.25) is 0 Å². The van der Waals surface area contributed by atoms with Crippen LogP contribution in [0.1, 0.15) is 53.8 Å². The van der Waals surface area contributed by atoms with E-state index in [4.69, 9.17) is 4.42 Å². The van der Waals surface area contributed by atoms with E-state index in [1.165, 1.54) is 16.1 Å². The van der Waals surface area contributed by atoms with E-state index in [1.54, 1.807) is 28.0 Å². The van der Waals surface area contributed by atoms with Gasteiger partial charge in [-0.3, -0.25) is 9.59 Å². The number of furan rings is 1. The molecular weight excluding hydrogens is 454 g/mol. The highest BCUT2D eigenvalue weighted by molar-refractivity contribution is 7.89. The van der Waals surface area contributed by atoms with Crippen molar-refractivity contribution in [2.75, 3.05) is 32.7 Å². The molecule has 0 saturated carbocycles. The largest absolute Gasteiger partial charge is 0.459 e. The molecule has 3 aliphatic rings. The lowest BCUT2D eigenvalue weighted by atomic mass is 9.92. The highest BCUT2D eigenvalue weighted by Crippen LogP contribution is 2.27. The molecule has 1 unspecified atom stereocenters. The molecule has 2 amide bonds. The summed E-state index contributed by atoms with van der Waals surface area (Å²) in [6, 6.07) is 8.25. The molecule has 1 aliphatic carbocycles. The SMILES string of the molecule is O=C(C1CCCCN1C(=O)c1ccco1)N1CCN(S(=O)(=O)c2ccc3c(c2)CCCC3)CC1. The van der Waals surface area contributed by atoms with Crippen LogP contribution < -0.4 is 0 Å². The molecule has 9 heteroatoms. The smallest absolute Gasteiger partial charge is 0.290 e. The standard InChI is InChI=1S/C25H31N3O5S/c29-24(22-8-3-4-12-28(22)25(30)23-9-5-17-33-23)26-13-15-27(16-14-26)34(31,32)21-11-10-19-6-1-2-7-20(19)18-21/h5,9-11,17-18,22H,1-4,6-8,12-16H2. The predicted octanol–water partition coefficient (Wildman–Crippen LogP) is 2.69. The van der Waals surface area contributed by atoms with E-state index >= 15 is 0 Å². The molecule has 0 spiro atoms. The number of rotatable bonds is 4. The van der Waals surface area contributed by atoms with Gasteiger partial charge in [0.1, 0.15) is 6.04 Å². The van der Waals surface area contributed by atoms with E-state index in [1.807, 2.05) is 12.1 Å². The summed E-state index contributed by atoms with van der Waals surface area (Å²) in [5, 5.41) is 0. The number of hydrogen-bond donors (Lipinski definition) is 0. The number of carbonyl (C=O) groups excluding carboxylic acids is 2. The first-order valence-electron chi connectivity index (χ1n) is 12.2. The zero-order valence-corrected chi connectivity index (χ0v) is 20.1. The van der Waals surface area contributed by atoms with Gasteiger partial charge in [0, 0.05) is 32.7 Å². The molecule has 8 nitrogen and oxygen atoms in total. The van der Waals surface area contributed by atoms with Crippen LogP contribution in [0.5, 0.6) is 0 Å². The second-order valence-corrected chi connectivity index (χ2v) is 11.3. The molecule has 2 saturated heterocycles. The summed E-state index contributed by atoms with van der Waals surface area (Å²) in [4.78, 5) is 29.9. The third-order valence-electron chi connectivity index (χ3n) is 7.29. The Morgan fingerprint density at radius 2 is 1.65 bits per heavy atom. The Morgan fingerprint density at radius 1 is 0.882 bits per heavy atom. The Hall–Kier alpha value is -2.65. The Bertz CT molecular complexity index is 1150. The fourth-order valence-corrected chi connectivity index (χ4v) is 6.83. The maximum Gasteiger partial charge on any atom is 0.290 e. The first-order chi connectivity index (χ1) is 16.4. The van der Waals surface area contributed by atoms with Crippen LogP contribution in [-0.4, -0.2) is 73.1 Å². The molecule has 0 N–H and O–H groups in total. The van der Waals surface area contributed by atoms with E-state index in [0.717, 1.165) is 44.1 Å². The van der Waals surface area contributed by atoms with Gasteiger partial charge in [0.05, 0.1) is 11.2 Å². The summed E-state index contributed by atoms with van der Waals surface area (Å²) in [6.45, 7) is 1.67. The summed E-state index contributed by atoms with van der Waals surface area (Å²) in [7, 11) is -3.60. The van der Waals surface area contributed by atoms with Crippen molar-refractivity contribution >= 4 is 21.8 Å². The number of benzene rings is 1. The molecule has 2 fully saturated rings. The first-order valence-corrected chi connectivity index (χ1v) is 13.6. The van der Waals surface area contributed by atoms with Crippen molar-refractivity contribution in [3.05, 3.63) is 53.5 Å². The highest BCUT2D eigenvalue weighted by Gasteiger charge is 2.38. The van der Waals surface area contributed by atoms with Crippen molar-refractivity contribution in [3.8, 4) is 0 Å². The Balaban J connectivity index is 1.25. The van der Waals surface area contributed by atoms with Gasteiger partial charge in [-0.25, -0.2) is 8.42 Å². The molecule has 5 rings (SSSR count). The molecule has 182 valence electrons. The number of amides is 2. The fraction of sp³-hybridized carbons (Fsp3) is 0.520. The lowest BCUT2D eigenvalue weighted by molar-refractivity contribution is -0.138. The number of fused-ring (bicyclic) bond motifs is 1. The molecule has 1 atom stereocenters. The van der Waals surface area contributed by atoms with Crippen LogP contribution in [0, 0.1) is 0 Å². The zero-order chi connectivity index (χ0) is 23.7. The van der Waals surface area contributed by atoms with Gasteiger partial charge in [-0.05, 0) is 80.3 Å². The minimum Gasteiger partial charge on any atom is -0.459 e. The predicted molar refractivity (Wildman–Crippen MR) is 126 cm³/mol. The highest BCUT2D eigenvalue weighted by atomic mass is 32.2. The van der Waals surface area contributed by atoms with Gasteiger partial charge in [0.15, 0.2) is 5.76 Å². The summed E-state index contributed by atoms with van der Waals surface area (Å²) in [5.41, 5.74) is 2.39. The van der Waals surface area contributed by atoms with Crippen LogP contribution in [0.25, 0.3) is 0 Å². The molecular formula is C25H31N3O5S. The number of piperidine rings is 1. The summed E-state index contributed by atoms with van der Waals surface area (Å²) in [5.74, 6) is -0.136. The number of nitrogens with zero attached hydrogens (tertiary/aromatic N) is 3. The minimum atomic E-state index is -3.60. The monoisotopic (exact) mass is 485 g/mol. The number of carbonyl (C=O) groups is 2. The van der Waals surface area contributed by atoms with Gasteiger partial charge < -0.3 is 14.2 Å². The summed E-state index contributed by atoms with van der Waals surface area (Å²) >= 11 is 0. The number of hydrogen-bond acceptors (Lipinski definition) is 5. The maximum atomic E-state index is 13.4. The average molecular weight is 486 g/mol. The molecule has 0 radical (unpaired) electrons. The van der Waals surface area contributed by atoms with E-state index in [9.17, 15) is 18.0 Å². The maximum absolute atomic E-state index is 13.4. The lowest BCUT2D eigenvalue weighted by Gasteiger charge is -2.40. The van der Waals surface area contributed by atoms with Crippen molar-refractivity contribution < 1.29 is 22.4 Å². The lowest BCUT2D eigenvalue weighted by Crippen LogP contribution is -2.57. The second kappa shape index (κ2) is 9.54. The Kier molecular flexibility index (Phi) is 6.48. The average Bonchev–Trinajstić information content (AvgIpc) is 3.43. The molecule has 2 aromatic rings. The topological polar surface area (TPSA) is 91.1 Å². The van der Waals surface area contributed by atoms with Gasteiger partial charge in [0.25, 0.3) is 5.91 Å². The van der Waals surface area contributed by atoms with E-state index in [0.29, 0.717) is 31.0 Å². The van der Waals surface area contributed by atoms with Crippen molar-refractivity contribution in [2.45, 2.75) is 55.9 Å². The molecule has 2 aliphatic heterocycles. The van der Waals surface area contributed by atoms with Crippen molar-refractivity contribution in [1.29, 1.82) is 0 Å². The Morgan fingerprint density at radius 3 is 2.38 bits per heavy atom. The normalized spacial score (nSPS) is 21.8.